The third-order valence-corrected chi connectivity index (χ3v) is 5.84. The number of aromatic nitrogens is 1. The van der Waals surface area contributed by atoms with Crippen LogP contribution in [0.4, 0.5) is 0 Å². The van der Waals surface area contributed by atoms with Crippen LogP contribution < -0.4 is 9.47 Å². The summed E-state index contributed by atoms with van der Waals surface area (Å²) in [5.74, 6) is 0.951. The average molecular weight is 459 g/mol. The van der Waals surface area contributed by atoms with Crippen LogP contribution in [0.5, 0.6) is 11.5 Å². The molecular weight excluding hydrogens is 435 g/mol. The van der Waals surface area contributed by atoms with Crippen molar-refractivity contribution in [1.29, 1.82) is 0 Å². The first-order valence-corrected chi connectivity index (χ1v) is 11.0. The van der Waals surface area contributed by atoms with E-state index in [2.05, 4.69) is 4.57 Å². The molecule has 3 aromatic rings. The summed E-state index contributed by atoms with van der Waals surface area (Å²) >= 11 is 11.9. The van der Waals surface area contributed by atoms with Crippen LogP contribution in [0.25, 0.3) is 0 Å². The van der Waals surface area contributed by atoms with E-state index >= 15 is 0 Å². The molecule has 1 aliphatic rings. The predicted molar refractivity (Wildman–Crippen MR) is 122 cm³/mol. The number of carbonyl (C=O) groups excluding carboxylic acids is 1. The Morgan fingerprint density at radius 1 is 1.06 bits per heavy atom. The predicted octanol–water partition coefficient (Wildman–Crippen LogP) is 5.20. The lowest BCUT2D eigenvalue weighted by Crippen LogP contribution is -2.38. The minimum absolute atomic E-state index is 0.300. The zero-order valence-electron chi connectivity index (χ0n) is 17.2. The number of alkyl halides is 2. The first-order chi connectivity index (χ1) is 15.1. The van der Waals surface area contributed by atoms with Gasteiger partial charge in [0.05, 0.1) is 13.2 Å². The van der Waals surface area contributed by atoms with Crippen molar-refractivity contribution in [2.75, 3.05) is 13.7 Å². The largest absolute Gasteiger partial charge is 0.493 e. The van der Waals surface area contributed by atoms with Gasteiger partial charge in [-0.05, 0) is 41.8 Å². The Bertz CT molecular complexity index is 1040. The number of methoxy groups -OCH3 is 1. The highest BCUT2D eigenvalue weighted by molar-refractivity contribution is 6.53. The summed E-state index contributed by atoms with van der Waals surface area (Å²) in [4.78, 5) is 13.5. The maximum absolute atomic E-state index is 12.8. The van der Waals surface area contributed by atoms with Gasteiger partial charge in [-0.1, -0.05) is 59.6 Å². The Balaban J connectivity index is 1.68. The van der Waals surface area contributed by atoms with E-state index in [4.69, 9.17) is 32.7 Å². The van der Waals surface area contributed by atoms with E-state index in [-0.39, 0.29) is 11.9 Å². The molecule has 0 bridgehead atoms. The van der Waals surface area contributed by atoms with Gasteiger partial charge in [-0.25, -0.2) is 0 Å². The van der Waals surface area contributed by atoms with E-state index in [0.29, 0.717) is 24.7 Å². The Morgan fingerprint density at radius 3 is 2.61 bits per heavy atom. The van der Waals surface area contributed by atoms with Gasteiger partial charge in [-0.3, -0.25) is 4.79 Å². The standard InChI is InChI=1S/C24H24Cl2N2O3/c1-30-21-15-18(10-11-20(21)31-16-17-7-3-2-4-8-17)22-19-9-5-12-27(19)13-6-14-28(22)24(29)23(25)26/h2-5,7-12,15,22-23H,6,13-14,16H2,1H3. The zero-order valence-corrected chi connectivity index (χ0v) is 18.7. The molecule has 162 valence electrons. The van der Waals surface area contributed by atoms with E-state index in [1.165, 1.54) is 0 Å². The van der Waals surface area contributed by atoms with Crippen molar-refractivity contribution in [1.82, 2.24) is 9.47 Å². The molecule has 1 unspecified atom stereocenters. The smallest absolute Gasteiger partial charge is 0.256 e. The third kappa shape index (κ3) is 4.68. The topological polar surface area (TPSA) is 43.7 Å². The Morgan fingerprint density at radius 2 is 1.87 bits per heavy atom. The summed E-state index contributed by atoms with van der Waals surface area (Å²) in [5, 5.41) is 0. The molecule has 0 saturated carbocycles. The van der Waals surface area contributed by atoms with Crippen molar-refractivity contribution >= 4 is 29.1 Å². The number of ether oxygens (including phenoxy) is 2. The molecular formula is C24H24Cl2N2O3. The second kappa shape index (κ2) is 9.67. The fourth-order valence-electron chi connectivity index (χ4n) is 4.00. The van der Waals surface area contributed by atoms with Crippen LogP contribution in [-0.2, 0) is 17.9 Å². The maximum Gasteiger partial charge on any atom is 0.256 e. The molecule has 0 fully saturated rings. The molecule has 2 aromatic carbocycles. The van der Waals surface area contributed by atoms with Crippen molar-refractivity contribution in [3.05, 3.63) is 83.7 Å². The minimum Gasteiger partial charge on any atom is -0.493 e. The number of hydrogen-bond acceptors (Lipinski definition) is 3. The number of aryl methyl sites for hydroxylation is 1. The lowest BCUT2D eigenvalue weighted by molar-refractivity contribution is -0.131. The second-order valence-corrected chi connectivity index (χ2v) is 8.50. The Hall–Kier alpha value is -2.63. The molecule has 4 rings (SSSR count). The first kappa shape index (κ1) is 21.6. The molecule has 1 atom stereocenters. The van der Waals surface area contributed by atoms with Gasteiger partial charge in [-0.15, -0.1) is 0 Å². The molecule has 0 spiro atoms. The number of rotatable bonds is 6. The van der Waals surface area contributed by atoms with Crippen LogP contribution in [-0.4, -0.2) is 33.9 Å². The van der Waals surface area contributed by atoms with Gasteiger partial charge in [0.25, 0.3) is 5.91 Å². The van der Waals surface area contributed by atoms with Gasteiger partial charge >= 0.3 is 0 Å². The maximum atomic E-state index is 12.8. The van der Waals surface area contributed by atoms with Crippen molar-refractivity contribution < 1.29 is 14.3 Å². The molecule has 1 amide bonds. The molecule has 0 radical (unpaired) electrons. The van der Waals surface area contributed by atoms with E-state index in [0.717, 1.165) is 29.8 Å². The summed E-state index contributed by atoms with van der Waals surface area (Å²) in [6.07, 6.45) is 2.85. The monoisotopic (exact) mass is 458 g/mol. The van der Waals surface area contributed by atoms with Gasteiger partial charge < -0.3 is 18.9 Å². The molecule has 7 heteroatoms. The van der Waals surface area contributed by atoms with Crippen LogP contribution in [0, 0.1) is 0 Å². The SMILES string of the molecule is COc1cc(C2c3cccn3CCCN2C(=O)C(Cl)Cl)ccc1OCc1ccccc1. The molecule has 1 aromatic heterocycles. The summed E-state index contributed by atoms with van der Waals surface area (Å²) in [6, 6.07) is 19.4. The quantitative estimate of drug-likeness (QED) is 0.476. The number of carbonyl (C=O) groups is 1. The summed E-state index contributed by atoms with van der Waals surface area (Å²) in [5.41, 5.74) is 3.00. The first-order valence-electron chi connectivity index (χ1n) is 10.2. The molecule has 5 nitrogen and oxygen atoms in total. The number of halogens is 2. The lowest BCUT2D eigenvalue weighted by Gasteiger charge is -2.31. The van der Waals surface area contributed by atoms with Gasteiger partial charge in [0, 0.05) is 25.0 Å². The van der Waals surface area contributed by atoms with Gasteiger partial charge in [0.1, 0.15) is 6.61 Å². The molecule has 0 aliphatic carbocycles. The Labute approximate surface area is 192 Å². The molecule has 0 N–H and O–H groups in total. The lowest BCUT2D eigenvalue weighted by atomic mass is 10.0. The van der Waals surface area contributed by atoms with Gasteiger partial charge in [-0.2, -0.15) is 0 Å². The molecule has 0 saturated heterocycles. The van der Waals surface area contributed by atoms with E-state index < -0.39 is 4.84 Å². The third-order valence-electron chi connectivity index (χ3n) is 5.46. The van der Waals surface area contributed by atoms with Crippen molar-refractivity contribution in [2.45, 2.75) is 30.5 Å². The van der Waals surface area contributed by atoms with Crippen molar-refractivity contribution in [3.8, 4) is 11.5 Å². The normalized spacial score (nSPS) is 16.0. The average Bonchev–Trinajstić information content (AvgIpc) is 3.17. The van der Waals surface area contributed by atoms with Crippen molar-refractivity contribution in [2.24, 2.45) is 0 Å². The molecule has 2 heterocycles. The van der Waals surface area contributed by atoms with Crippen LogP contribution >= 0.6 is 23.2 Å². The molecule has 31 heavy (non-hydrogen) atoms. The van der Waals surface area contributed by atoms with Crippen LogP contribution in [0.1, 0.15) is 29.3 Å². The van der Waals surface area contributed by atoms with Crippen LogP contribution in [0.15, 0.2) is 66.9 Å². The fourth-order valence-corrected chi connectivity index (χ4v) is 4.25. The fraction of sp³-hybridized carbons (Fsp3) is 0.292. The van der Waals surface area contributed by atoms with E-state index in [1.807, 2.05) is 66.9 Å². The second-order valence-electron chi connectivity index (χ2n) is 7.40. The highest BCUT2D eigenvalue weighted by Gasteiger charge is 2.33. The number of benzene rings is 2. The minimum atomic E-state index is -1.11. The summed E-state index contributed by atoms with van der Waals surface area (Å²) < 4.78 is 13.8. The number of nitrogens with zero attached hydrogens (tertiary/aromatic N) is 2. The van der Waals surface area contributed by atoms with Crippen LogP contribution in [0.2, 0.25) is 0 Å². The number of fused-ring (bicyclic) bond motifs is 1. The van der Waals surface area contributed by atoms with E-state index in [9.17, 15) is 4.79 Å². The zero-order chi connectivity index (χ0) is 21.8. The van der Waals surface area contributed by atoms with Crippen LogP contribution in [0.3, 0.4) is 0 Å². The highest BCUT2D eigenvalue weighted by atomic mass is 35.5. The number of hydrogen-bond donors (Lipinski definition) is 0. The van der Waals surface area contributed by atoms with Gasteiger partial charge in [0.2, 0.25) is 0 Å². The highest BCUT2D eigenvalue weighted by Crippen LogP contribution is 2.38. The van der Waals surface area contributed by atoms with E-state index in [1.54, 1.807) is 12.0 Å². The molecule has 1 aliphatic heterocycles. The Kier molecular flexibility index (Phi) is 6.73. The van der Waals surface area contributed by atoms with Gasteiger partial charge in [0.15, 0.2) is 16.3 Å². The van der Waals surface area contributed by atoms with Crippen molar-refractivity contribution in [3.63, 3.8) is 0 Å². The summed E-state index contributed by atoms with van der Waals surface area (Å²) in [7, 11) is 1.61. The number of amides is 1. The summed E-state index contributed by atoms with van der Waals surface area (Å²) in [6.45, 7) is 1.83.